The zero-order valence-corrected chi connectivity index (χ0v) is 8.10. The molecule has 70 valence electrons. The van der Waals surface area contributed by atoms with Gasteiger partial charge in [-0.1, -0.05) is 6.07 Å². The Bertz CT molecular complexity index is 504. The molecule has 0 bridgehead atoms. The Labute approximate surface area is 82.0 Å². The van der Waals surface area contributed by atoms with Crippen molar-refractivity contribution >= 4 is 16.7 Å². The summed E-state index contributed by atoms with van der Waals surface area (Å²) in [6.45, 7) is 0. The van der Waals surface area contributed by atoms with Gasteiger partial charge in [0.05, 0.1) is 11.2 Å². The van der Waals surface area contributed by atoms with E-state index in [0.717, 1.165) is 16.7 Å². The average molecular weight is 186 g/mol. The quantitative estimate of drug-likeness (QED) is 0.676. The van der Waals surface area contributed by atoms with Crippen molar-refractivity contribution in [3.8, 4) is 6.19 Å². The van der Waals surface area contributed by atoms with Gasteiger partial charge in [-0.05, 0) is 12.1 Å². The van der Waals surface area contributed by atoms with Crippen LogP contribution in [-0.4, -0.2) is 23.6 Å². The van der Waals surface area contributed by atoms with E-state index in [0.29, 0.717) is 0 Å². The van der Waals surface area contributed by atoms with E-state index in [1.165, 1.54) is 10.9 Å². The Morgan fingerprint density at radius 1 is 1.43 bits per heavy atom. The maximum absolute atomic E-state index is 8.81. The molecule has 4 nitrogen and oxygen atoms in total. The molecular formula is C10H10N4. The predicted octanol–water partition coefficient (Wildman–Crippen LogP) is 1.43. The van der Waals surface area contributed by atoms with Crippen LogP contribution in [0.5, 0.6) is 0 Å². The smallest absolute Gasteiger partial charge is 0.190 e. The predicted molar refractivity (Wildman–Crippen MR) is 55.1 cm³/mol. The first-order valence-electron chi connectivity index (χ1n) is 4.27. The number of hydrogen-bond acceptors (Lipinski definition) is 3. The number of anilines is 1. The lowest BCUT2D eigenvalue weighted by Crippen LogP contribution is -2.08. The van der Waals surface area contributed by atoms with Crippen molar-refractivity contribution in [3.63, 3.8) is 0 Å². The van der Waals surface area contributed by atoms with Gasteiger partial charge in [0.15, 0.2) is 6.19 Å². The molecule has 0 amide bonds. The van der Waals surface area contributed by atoms with Crippen LogP contribution >= 0.6 is 0 Å². The highest BCUT2D eigenvalue weighted by Crippen LogP contribution is 2.23. The summed E-state index contributed by atoms with van der Waals surface area (Å²) in [5.74, 6) is 0. The lowest BCUT2D eigenvalue weighted by Gasteiger charge is -2.12. The molecule has 2 aromatic rings. The standard InChI is InChI=1S/C10H10N4/c1-13(2)8-4-3-5-9-10(8)12-7-14(9)6-11/h3-5,7H,1-2H3. The van der Waals surface area contributed by atoms with Gasteiger partial charge in [-0.25, -0.2) is 9.55 Å². The molecule has 1 aromatic carbocycles. The number of fused-ring (bicyclic) bond motifs is 1. The lowest BCUT2D eigenvalue weighted by atomic mass is 10.2. The van der Waals surface area contributed by atoms with Gasteiger partial charge in [-0.15, -0.1) is 0 Å². The maximum atomic E-state index is 8.81. The number of hydrogen-bond donors (Lipinski definition) is 0. The first kappa shape index (κ1) is 8.57. The van der Waals surface area contributed by atoms with Crippen molar-refractivity contribution in [2.45, 2.75) is 0 Å². The van der Waals surface area contributed by atoms with Gasteiger partial charge in [0.1, 0.15) is 11.8 Å². The van der Waals surface area contributed by atoms with Crippen LogP contribution in [-0.2, 0) is 0 Å². The Morgan fingerprint density at radius 2 is 2.21 bits per heavy atom. The number of imidazole rings is 1. The van der Waals surface area contributed by atoms with Crippen LogP contribution in [0.4, 0.5) is 5.69 Å². The third-order valence-electron chi connectivity index (χ3n) is 2.14. The summed E-state index contributed by atoms with van der Waals surface area (Å²) >= 11 is 0. The molecule has 0 aliphatic carbocycles. The summed E-state index contributed by atoms with van der Waals surface area (Å²) < 4.78 is 1.46. The van der Waals surface area contributed by atoms with Gasteiger partial charge in [-0.2, -0.15) is 5.26 Å². The Balaban J connectivity index is 2.78. The fourth-order valence-electron chi connectivity index (χ4n) is 1.46. The summed E-state index contributed by atoms with van der Waals surface area (Å²) in [4.78, 5) is 6.19. The summed E-state index contributed by atoms with van der Waals surface area (Å²) in [6, 6.07) is 5.79. The first-order chi connectivity index (χ1) is 6.74. The molecule has 0 saturated carbocycles. The van der Waals surface area contributed by atoms with Crippen molar-refractivity contribution in [3.05, 3.63) is 24.5 Å². The minimum absolute atomic E-state index is 0.846. The number of aromatic nitrogens is 2. The van der Waals surface area contributed by atoms with E-state index < -0.39 is 0 Å². The maximum Gasteiger partial charge on any atom is 0.190 e. The Hall–Kier alpha value is -2.02. The molecule has 0 saturated heterocycles. The molecule has 0 spiro atoms. The molecule has 14 heavy (non-hydrogen) atoms. The van der Waals surface area contributed by atoms with E-state index in [-0.39, 0.29) is 0 Å². The molecule has 0 aliphatic rings. The first-order valence-corrected chi connectivity index (χ1v) is 4.27. The van der Waals surface area contributed by atoms with Crippen LogP contribution in [0.25, 0.3) is 11.0 Å². The molecule has 0 unspecified atom stereocenters. The van der Waals surface area contributed by atoms with Crippen molar-refractivity contribution in [1.82, 2.24) is 9.55 Å². The molecule has 1 aromatic heterocycles. The highest BCUT2D eigenvalue weighted by Gasteiger charge is 2.07. The van der Waals surface area contributed by atoms with Gasteiger partial charge >= 0.3 is 0 Å². The highest BCUT2D eigenvalue weighted by atomic mass is 15.1. The normalized spacial score (nSPS) is 10.1. The van der Waals surface area contributed by atoms with E-state index in [2.05, 4.69) is 11.2 Å². The second-order valence-corrected chi connectivity index (χ2v) is 3.25. The van der Waals surface area contributed by atoms with Gasteiger partial charge in [0, 0.05) is 14.1 Å². The van der Waals surface area contributed by atoms with Crippen LogP contribution in [0.2, 0.25) is 0 Å². The van der Waals surface area contributed by atoms with Crippen LogP contribution in [0.1, 0.15) is 0 Å². The van der Waals surface area contributed by atoms with Crippen LogP contribution < -0.4 is 4.90 Å². The van der Waals surface area contributed by atoms with E-state index in [1.54, 1.807) is 0 Å². The topological polar surface area (TPSA) is 44.9 Å². The number of nitrogens with zero attached hydrogens (tertiary/aromatic N) is 4. The van der Waals surface area contributed by atoms with E-state index in [9.17, 15) is 0 Å². The summed E-state index contributed by atoms with van der Waals surface area (Å²) in [5, 5.41) is 8.81. The zero-order valence-electron chi connectivity index (χ0n) is 8.10. The van der Waals surface area contributed by atoms with Crippen molar-refractivity contribution in [1.29, 1.82) is 5.26 Å². The summed E-state index contributed by atoms with van der Waals surface area (Å²) in [7, 11) is 3.92. The van der Waals surface area contributed by atoms with Gasteiger partial charge in [-0.3, -0.25) is 0 Å². The monoisotopic (exact) mass is 186 g/mol. The largest absolute Gasteiger partial charge is 0.376 e. The number of rotatable bonds is 1. The summed E-state index contributed by atoms with van der Waals surface area (Å²) in [6.07, 6.45) is 3.59. The Kier molecular flexibility index (Phi) is 1.86. The second kappa shape index (κ2) is 3.04. The molecule has 0 fully saturated rings. The van der Waals surface area contributed by atoms with Gasteiger partial charge in [0.25, 0.3) is 0 Å². The average Bonchev–Trinajstić information content (AvgIpc) is 2.59. The van der Waals surface area contributed by atoms with Crippen molar-refractivity contribution < 1.29 is 0 Å². The lowest BCUT2D eigenvalue weighted by molar-refractivity contribution is 1.11. The van der Waals surface area contributed by atoms with E-state index in [1.807, 2.05) is 37.2 Å². The molecular weight excluding hydrogens is 176 g/mol. The molecule has 2 rings (SSSR count). The molecule has 0 atom stereocenters. The van der Waals surface area contributed by atoms with Crippen LogP contribution in [0.3, 0.4) is 0 Å². The van der Waals surface area contributed by atoms with Crippen molar-refractivity contribution in [2.75, 3.05) is 19.0 Å². The third kappa shape index (κ3) is 1.11. The molecule has 0 aliphatic heterocycles. The minimum Gasteiger partial charge on any atom is -0.376 e. The van der Waals surface area contributed by atoms with Gasteiger partial charge < -0.3 is 4.90 Å². The Morgan fingerprint density at radius 3 is 2.86 bits per heavy atom. The number of para-hydroxylation sites is 1. The third-order valence-corrected chi connectivity index (χ3v) is 2.14. The van der Waals surface area contributed by atoms with E-state index in [4.69, 9.17) is 5.26 Å². The van der Waals surface area contributed by atoms with Gasteiger partial charge in [0.2, 0.25) is 0 Å². The molecule has 1 heterocycles. The number of nitriles is 1. The second-order valence-electron chi connectivity index (χ2n) is 3.25. The molecule has 0 radical (unpaired) electrons. The SMILES string of the molecule is CN(C)c1cccc2c1ncn2C#N. The number of benzene rings is 1. The fourth-order valence-corrected chi connectivity index (χ4v) is 1.46. The van der Waals surface area contributed by atoms with Crippen LogP contribution in [0.15, 0.2) is 24.5 Å². The summed E-state index contributed by atoms with van der Waals surface area (Å²) in [5.41, 5.74) is 2.73. The zero-order chi connectivity index (χ0) is 10.1. The molecule has 0 N–H and O–H groups in total. The fraction of sp³-hybridized carbons (Fsp3) is 0.200. The molecule has 4 heteroatoms. The van der Waals surface area contributed by atoms with E-state index >= 15 is 0 Å². The minimum atomic E-state index is 0.846. The van der Waals surface area contributed by atoms with Crippen molar-refractivity contribution in [2.24, 2.45) is 0 Å². The highest BCUT2D eigenvalue weighted by molar-refractivity contribution is 5.89. The van der Waals surface area contributed by atoms with Crippen LogP contribution in [0, 0.1) is 11.5 Å².